The molecule has 5 rings (SSSR count). The fraction of sp³-hybridized carbons (Fsp3) is 0.444. The lowest BCUT2D eigenvalue weighted by Gasteiger charge is -2.35. The van der Waals surface area contributed by atoms with Crippen LogP contribution in [0, 0.1) is 17.2 Å². The molecule has 0 radical (unpaired) electrons. The fourth-order valence-corrected chi connectivity index (χ4v) is 5.69. The van der Waals surface area contributed by atoms with E-state index in [1.54, 1.807) is 19.2 Å². The summed E-state index contributed by atoms with van der Waals surface area (Å²) in [5.41, 5.74) is 3.18. The predicted molar refractivity (Wildman–Crippen MR) is 132 cm³/mol. The Bertz CT molecular complexity index is 1300. The third-order valence-corrected chi connectivity index (χ3v) is 8.19. The normalized spacial score (nSPS) is 22.3. The summed E-state index contributed by atoms with van der Waals surface area (Å²) in [6.07, 6.45) is 5.70. The Morgan fingerprint density at radius 1 is 1.26 bits per heavy atom. The minimum Gasteiger partial charge on any atom is -0.481 e. The molecule has 0 spiro atoms. The minimum atomic E-state index is -0.743. The molecule has 1 N–H and O–H groups in total. The standard InChI is InChI=1S/C27H29ClFN3O3/c1-27(26(34)35)9-6-17(7-10-27)14-24(33)31-12-8-19-20-3-2-11-30-25(20)32(23(19)16-31)15-18-4-5-21(28)22(29)13-18/h2-5,11,13,17H,6-10,12,14-16H2,1H3,(H,34,35)/t17-,27+. The molecule has 0 unspecified atom stereocenters. The summed E-state index contributed by atoms with van der Waals surface area (Å²) in [5.74, 6) is -0.860. The van der Waals surface area contributed by atoms with Gasteiger partial charge in [0.2, 0.25) is 5.91 Å². The van der Waals surface area contributed by atoms with Gasteiger partial charge in [-0.3, -0.25) is 9.59 Å². The Labute approximate surface area is 208 Å². The van der Waals surface area contributed by atoms with Crippen molar-refractivity contribution < 1.29 is 19.1 Å². The highest BCUT2D eigenvalue weighted by Crippen LogP contribution is 2.40. The number of amides is 1. The van der Waals surface area contributed by atoms with Crippen molar-refractivity contribution in [2.24, 2.45) is 11.3 Å². The molecule has 35 heavy (non-hydrogen) atoms. The second-order valence-corrected chi connectivity index (χ2v) is 10.6. The van der Waals surface area contributed by atoms with Crippen LogP contribution < -0.4 is 0 Å². The molecule has 3 heterocycles. The first-order chi connectivity index (χ1) is 16.7. The molecular formula is C27H29ClFN3O3. The summed E-state index contributed by atoms with van der Waals surface area (Å²) < 4.78 is 16.2. The van der Waals surface area contributed by atoms with Crippen LogP contribution in [0.1, 0.15) is 55.8 Å². The molecule has 0 atom stereocenters. The second-order valence-electron chi connectivity index (χ2n) is 10.2. The first kappa shape index (κ1) is 23.8. The van der Waals surface area contributed by atoms with E-state index >= 15 is 0 Å². The van der Waals surface area contributed by atoms with Crippen molar-refractivity contribution in [2.45, 2.75) is 58.5 Å². The summed E-state index contributed by atoms with van der Waals surface area (Å²) in [5, 5.41) is 10.6. The van der Waals surface area contributed by atoms with Crippen LogP contribution in [0.4, 0.5) is 4.39 Å². The van der Waals surface area contributed by atoms with Crippen molar-refractivity contribution in [1.29, 1.82) is 0 Å². The Hall–Kier alpha value is -2.93. The van der Waals surface area contributed by atoms with Gasteiger partial charge < -0.3 is 14.6 Å². The van der Waals surface area contributed by atoms with Crippen LogP contribution in [-0.4, -0.2) is 38.0 Å². The van der Waals surface area contributed by atoms with Gasteiger partial charge >= 0.3 is 5.97 Å². The van der Waals surface area contributed by atoms with Gasteiger partial charge in [0, 0.05) is 36.8 Å². The highest BCUT2D eigenvalue weighted by atomic mass is 35.5. The van der Waals surface area contributed by atoms with Crippen molar-refractivity contribution in [3.8, 4) is 0 Å². The van der Waals surface area contributed by atoms with Crippen LogP contribution in [0.5, 0.6) is 0 Å². The van der Waals surface area contributed by atoms with Crippen molar-refractivity contribution in [3.05, 3.63) is 64.2 Å². The van der Waals surface area contributed by atoms with Crippen LogP contribution in [0.3, 0.4) is 0 Å². The van der Waals surface area contributed by atoms with Crippen molar-refractivity contribution >= 4 is 34.5 Å². The molecule has 1 fully saturated rings. The van der Waals surface area contributed by atoms with E-state index in [0.29, 0.717) is 38.9 Å². The number of halogens is 2. The van der Waals surface area contributed by atoms with E-state index in [1.165, 1.54) is 11.6 Å². The summed E-state index contributed by atoms with van der Waals surface area (Å²) in [7, 11) is 0. The number of carbonyl (C=O) groups excluding carboxylic acids is 1. The zero-order valence-corrected chi connectivity index (χ0v) is 20.5. The summed E-state index contributed by atoms with van der Waals surface area (Å²) in [6, 6.07) is 8.79. The third-order valence-electron chi connectivity index (χ3n) is 7.88. The summed E-state index contributed by atoms with van der Waals surface area (Å²) in [6.45, 7) is 3.38. The SMILES string of the molecule is C[C@]1(C(=O)O)CC[C@@H](CC(=O)N2CCc3c(n(Cc4ccc(Cl)c(F)c4)c4ncccc34)C2)CC1. The molecule has 184 valence electrons. The van der Waals surface area contributed by atoms with Crippen LogP contribution in [0.2, 0.25) is 5.02 Å². The van der Waals surface area contributed by atoms with Gasteiger partial charge in [0.25, 0.3) is 0 Å². The lowest BCUT2D eigenvalue weighted by atomic mass is 9.71. The molecule has 0 saturated heterocycles. The number of hydrogen-bond donors (Lipinski definition) is 1. The number of rotatable bonds is 5. The molecule has 1 aliphatic heterocycles. The molecular weight excluding hydrogens is 469 g/mol. The largest absolute Gasteiger partial charge is 0.481 e. The molecule has 1 saturated carbocycles. The molecule has 0 bridgehead atoms. The molecule has 1 aromatic carbocycles. The minimum absolute atomic E-state index is 0.0921. The van der Waals surface area contributed by atoms with Crippen molar-refractivity contribution in [2.75, 3.05) is 6.54 Å². The third kappa shape index (κ3) is 4.54. The number of pyridine rings is 1. The predicted octanol–water partition coefficient (Wildman–Crippen LogP) is 5.43. The maximum absolute atomic E-state index is 14.1. The first-order valence-electron chi connectivity index (χ1n) is 12.2. The highest BCUT2D eigenvalue weighted by molar-refractivity contribution is 6.30. The average Bonchev–Trinajstić information content (AvgIpc) is 3.16. The summed E-state index contributed by atoms with van der Waals surface area (Å²) >= 11 is 5.87. The second kappa shape index (κ2) is 9.26. The van der Waals surface area contributed by atoms with Gasteiger partial charge in [-0.2, -0.15) is 0 Å². The Balaban J connectivity index is 1.36. The van der Waals surface area contributed by atoms with Crippen LogP contribution >= 0.6 is 11.6 Å². The number of benzene rings is 1. The number of nitrogens with zero attached hydrogens (tertiary/aromatic N) is 3. The molecule has 2 aliphatic rings. The van der Waals surface area contributed by atoms with E-state index in [2.05, 4.69) is 15.6 Å². The van der Waals surface area contributed by atoms with Crippen LogP contribution in [0.15, 0.2) is 36.5 Å². The van der Waals surface area contributed by atoms with Gasteiger partial charge in [-0.1, -0.05) is 17.7 Å². The smallest absolute Gasteiger partial charge is 0.309 e. The Kier molecular flexibility index (Phi) is 6.30. The molecule has 6 nitrogen and oxygen atoms in total. The summed E-state index contributed by atoms with van der Waals surface area (Å²) in [4.78, 5) is 31.3. The van der Waals surface area contributed by atoms with E-state index in [9.17, 15) is 19.1 Å². The Morgan fingerprint density at radius 2 is 2.03 bits per heavy atom. The maximum atomic E-state index is 14.1. The zero-order valence-electron chi connectivity index (χ0n) is 19.8. The lowest BCUT2D eigenvalue weighted by Crippen LogP contribution is -2.39. The number of hydrogen-bond acceptors (Lipinski definition) is 3. The van der Waals surface area contributed by atoms with E-state index in [-0.39, 0.29) is 16.8 Å². The molecule has 3 aromatic rings. The maximum Gasteiger partial charge on any atom is 0.309 e. The van der Waals surface area contributed by atoms with E-state index in [1.807, 2.05) is 17.0 Å². The molecule has 8 heteroatoms. The average molecular weight is 498 g/mol. The van der Waals surface area contributed by atoms with Gasteiger partial charge in [-0.15, -0.1) is 0 Å². The van der Waals surface area contributed by atoms with Crippen LogP contribution in [0.25, 0.3) is 11.0 Å². The molecule has 1 aliphatic carbocycles. The van der Waals surface area contributed by atoms with Gasteiger partial charge in [0.1, 0.15) is 11.5 Å². The quantitative estimate of drug-likeness (QED) is 0.509. The first-order valence-corrected chi connectivity index (χ1v) is 12.5. The lowest BCUT2D eigenvalue weighted by molar-refractivity contribution is -0.150. The highest BCUT2D eigenvalue weighted by Gasteiger charge is 2.38. The number of aliphatic carboxylic acids is 1. The van der Waals surface area contributed by atoms with Crippen molar-refractivity contribution in [3.63, 3.8) is 0 Å². The molecule has 2 aromatic heterocycles. The number of fused-ring (bicyclic) bond motifs is 3. The number of carbonyl (C=O) groups is 2. The van der Waals surface area contributed by atoms with E-state index in [0.717, 1.165) is 41.6 Å². The van der Waals surface area contributed by atoms with Gasteiger partial charge in [0.05, 0.1) is 17.0 Å². The Morgan fingerprint density at radius 3 is 2.74 bits per heavy atom. The number of aromatic nitrogens is 2. The molecule has 1 amide bonds. The van der Waals surface area contributed by atoms with Crippen molar-refractivity contribution in [1.82, 2.24) is 14.5 Å². The topological polar surface area (TPSA) is 75.4 Å². The fourth-order valence-electron chi connectivity index (χ4n) is 5.57. The van der Waals surface area contributed by atoms with E-state index in [4.69, 9.17) is 11.6 Å². The van der Waals surface area contributed by atoms with Crippen LogP contribution in [-0.2, 0) is 29.1 Å². The van der Waals surface area contributed by atoms with Gasteiger partial charge in [-0.05, 0) is 80.3 Å². The number of carboxylic acid groups (broad SMARTS) is 1. The van der Waals surface area contributed by atoms with Gasteiger partial charge in [-0.25, -0.2) is 9.37 Å². The monoisotopic (exact) mass is 497 g/mol. The van der Waals surface area contributed by atoms with Gasteiger partial charge in [0.15, 0.2) is 0 Å². The van der Waals surface area contributed by atoms with E-state index < -0.39 is 17.2 Å². The number of carboxylic acids is 1. The zero-order chi connectivity index (χ0) is 24.7.